The van der Waals surface area contributed by atoms with Crippen LogP contribution in [-0.2, 0) is 6.54 Å². The molecule has 0 saturated carbocycles. The van der Waals surface area contributed by atoms with Gasteiger partial charge < -0.3 is 10.1 Å². The fourth-order valence-corrected chi connectivity index (χ4v) is 1.54. The molecule has 0 heterocycles. The molecular formula is C14H22FNO. The fourth-order valence-electron chi connectivity index (χ4n) is 1.54. The van der Waals surface area contributed by atoms with Crippen molar-refractivity contribution in [1.29, 1.82) is 0 Å². The lowest BCUT2D eigenvalue weighted by Crippen LogP contribution is -2.22. The van der Waals surface area contributed by atoms with Crippen molar-refractivity contribution < 1.29 is 9.13 Å². The Morgan fingerprint density at radius 1 is 1.35 bits per heavy atom. The first kappa shape index (κ1) is 14.0. The summed E-state index contributed by atoms with van der Waals surface area (Å²) in [5, 5.41) is 3.37. The van der Waals surface area contributed by atoms with E-state index in [2.05, 4.69) is 32.2 Å². The SMILES string of the molecule is Cc1ccc(OCCCF)c(CNC(C)C)c1. The van der Waals surface area contributed by atoms with Crippen molar-refractivity contribution in [1.82, 2.24) is 5.32 Å². The monoisotopic (exact) mass is 239 g/mol. The van der Waals surface area contributed by atoms with Crippen LogP contribution in [0.1, 0.15) is 31.4 Å². The van der Waals surface area contributed by atoms with E-state index in [0.29, 0.717) is 19.1 Å². The summed E-state index contributed by atoms with van der Waals surface area (Å²) in [6, 6.07) is 6.53. The third-order valence-electron chi connectivity index (χ3n) is 2.45. The molecule has 0 amide bonds. The highest BCUT2D eigenvalue weighted by Gasteiger charge is 2.05. The van der Waals surface area contributed by atoms with Crippen LogP contribution in [-0.4, -0.2) is 19.3 Å². The maximum absolute atomic E-state index is 12.0. The molecule has 0 aliphatic rings. The molecule has 0 spiro atoms. The number of ether oxygens (including phenoxy) is 1. The van der Waals surface area contributed by atoms with E-state index in [1.54, 1.807) is 0 Å². The van der Waals surface area contributed by atoms with Crippen molar-refractivity contribution in [3.63, 3.8) is 0 Å². The zero-order chi connectivity index (χ0) is 12.7. The lowest BCUT2D eigenvalue weighted by molar-refractivity contribution is 0.286. The third-order valence-corrected chi connectivity index (χ3v) is 2.45. The Labute approximate surface area is 103 Å². The first-order chi connectivity index (χ1) is 8.13. The van der Waals surface area contributed by atoms with Crippen molar-refractivity contribution in [2.75, 3.05) is 13.3 Å². The summed E-state index contributed by atoms with van der Waals surface area (Å²) in [6.45, 7) is 7.17. The van der Waals surface area contributed by atoms with E-state index in [1.807, 2.05) is 12.1 Å². The highest BCUT2D eigenvalue weighted by atomic mass is 19.1. The zero-order valence-electron chi connectivity index (χ0n) is 10.9. The van der Waals surface area contributed by atoms with Crippen LogP contribution in [0, 0.1) is 6.92 Å². The zero-order valence-corrected chi connectivity index (χ0v) is 10.9. The summed E-state index contributed by atoms with van der Waals surface area (Å²) < 4.78 is 17.6. The molecule has 0 aromatic heterocycles. The number of hydrogen-bond donors (Lipinski definition) is 1. The molecule has 1 rings (SSSR count). The van der Waals surface area contributed by atoms with Crippen molar-refractivity contribution in [2.45, 2.75) is 39.8 Å². The minimum absolute atomic E-state index is 0.328. The molecule has 96 valence electrons. The van der Waals surface area contributed by atoms with Gasteiger partial charge in [-0.25, -0.2) is 0 Å². The predicted octanol–water partition coefficient (Wildman–Crippen LogP) is 3.23. The van der Waals surface area contributed by atoms with Gasteiger partial charge in [-0.2, -0.15) is 0 Å². The van der Waals surface area contributed by atoms with Gasteiger partial charge in [-0.05, 0) is 13.0 Å². The largest absolute Gasteiger partial charge is 0.493 e. The Morgan fingerprint density at radius 3 is 2.76 bits per heavy atom. The first-order valence-electron chi connectivity index (χ1n) is 6.15. The first-order valence-corrected chi connectivity index (χ1v) is 6.15. The fraction of sp³-hybridized carbons (Fsp3) is 0.571. The summed E-state index contributed by atoms with van der Waals surface area (Å²) in [5.74, 6) is 0.859. The van der Waals surface area contributed by atoms with Gasteiger partial charge in [0.05, 0.1) is 13.3 Å². The second-order valence-electron chi connectivity index (χ2n) is 4.54. The number of aryl methyl sites for hydroxylation is 1. The predicted molar refractivity (Wildman–Crippen MR) is 69.2 cm³/mol. The van der Waals surface area contributed by atoms with Gasteiger partial charge in [0.2, 0.25) is 0 Å². The molecular weight excluding hydrogens is 217 g/mol. The van der Waals surface area contributed by atoms with Gasteiger partial charge >= 0.3 is 0 Å². The molecule has 1 aromatic carbocycles. The van der Waals surface area contributed by atoms with Gasteiger partial charge in [0.15, 0.2) is 0 Å². The Morgan fingerprint density at radius 2 is 2.12 bits per heavy atom. The smallest absolute Gasteiger partial charge is 0.123 e. The molecule has 0 unspecified atom stereocenters. The summed E-state index contributed by atoms with van der Waals surface area (Å²) >= 11 is 0. The van der Waals surface area contributed by atoms with E-state index in [4.69, 9.17) is 4.74 Å². The summed E-state index contributed by atoms with van der Waals surface area (Å²) in [7, 11) is 0. The van der Waals surface area contributed by atoms with Gasteiger partial charge in [0, 0.05) is 24.6 Å². The van der Waals surface area contributed by atoms with E-state index < -0.39 is 0 Å². The van der Waals surface area contributed by atoms with Gasteiger partial charge in [-0.3, -0.25) is 4.39 Å². The van der Waals surface area contributed by atoms with Crippen LogP contribution in [0.25, 0.3) is 0 Å². The van der Waals surface area contributed by atoms with Gasteiger partial charge in [0.1, 0.15) is 5.75 Å². The topological polar surface area (TPSA) is 21.3 Å². The average Bonchev–Trinajstić information content (AvgIpc) is 2.29. The Balaban J connectivity index is 2.66. The Bertz CT molecular complexity index is 339. The number of nitrogens with one attached hydrogen (secondary N) is 1. The lowest BCUT2D eigenvalue weighted by atomic mass is 10.1. The van der Waals surface area contributed by atoms with E-state index in [0.717, 1.165) is 17.9 Å². The van der Waals surface area contributed by atoms with Crippen molar-refractivity contribution in [3.8, 4) is 5.75 Å². The molecule has 0 aliphatic heterocycles. The quantitative estimate of drug-likeness (QED) is 0.738. The lowest BCUT2D eigenvalue weighted by Gasteiger charge is -2.14. The van der Waals surface area contributed by atoms with Crippen LogP contribution in [0.3, 0.4) is 0 Å². The molecule has 0 saturated heterocycles. The number of benzene rings is 1. The van der Waals surface area contributed by atoms with E-state index >= 15 is 0 Å². The Hall–Kier alpha value is -1.09. The maximum atomic E-state index is 12.0. The van der Waals surface area contributed by atoms with E-state index in [9.17, 15) is 4.39 Å². The summed E-state index contributed by atoms with van der Waals surface area (Å²) in [4.78, 5) is 0. The number of rotatable bonds is 7. The highest BCUT2D eigenvalue weighted by Crippen LogP contribution is 2.20. The second kappa shape index (κ2) is 7.28. The van der Waals surface area contributed by atoms with Crippen molar-refractivity contribution >= 4 is 0 Å². The molecule has 0 radical (unpaired) electrons. The molecule has 1 aromatic rings. The third kappa shape index (κ3) is 5.18. The molecule has 0 atom stereocenters. The minimum Gasteiger partial charge on any atom is -0.493 e. The van der Waals surface area contributed by atoms with Crippen LogP contribution in [0.5, 0.6) is 5.75 Å². The number of halogens is 1. The normalized spacial score (nSPS) is 10.9. The van der Waals surface area contributed by atoms with Crippen LogP contribution < -0.4 is 10.1 Å². The summed E-state index contributed by atoms with van der Waals surface area (Å²) in [5.41, 5.74) is 2.35. The highest BCUT2D eigenvalue weighted by molar-refractivity contribution is 5.36. The van der Waals surface area contributed by atoms with E-state index in [-0.39, 0.29) is 6.67 Å². The second-order valence-corrected chi connectivity index (χ2v) is 4.54. The molecule has 0 aliphatic carbocycles. The maximum Gasteiger partial charge on any atom is 0.123 e. The van der Waals surface area contributed by atoms with Crippen LogP contribution in [0.4, 0.5) is 4.39 Å². The van der Waals surface area contributed by atoms with Crippen LogP contribution in [0.2, 0.25) is 0 Å². The standard InChI is InChI=1S/C14H22FNO/c1-11(2)16-10-13-9-12(3)5-6-14(13)17-8-4-7-15/h5-6,9,11,16H,4,7-8,10H2,1-3H3. The molecule has 2 nitrogen and oxygen atoms in total. The van der Waals surface area contributed by atoms with Crippen molar-refractivity contribution in [3.05, 3.63) is 29.3 Å². The molecule has 1 N–H and O–H groups in total. The van der Waals surface area contributed by atoms with Crippen LogP contribution in [0.15, 0.2) is 18.2 Å². The molecule has 0 bridgehead atoms. The Kier molecular flexibility index (Phi) is 5.98. The van der Waals surface area contributed by atoms with E-state index in [1.165, 1.54) is 5.56 Å². The minimum atomic E-state index is -0.328. The van der Waals surface area contributed by atoms with Gasteiger partial charge in [-0.1, -0.05) is 31.5 Å². The molecule has 17 heavy (non-hydrogen) atoms. The molecule has 3 heteroatoms. The van der Waals surface area contributed by atoms with Crippen molar-refractivity contribution in [2.24, 2.45) is 0 Å². The number of hydrogen-bond acceptors (Lipinski definition) is 2. The molecule has 0 fully saturated rings. The van der Waals surface area contributed by atoms with Crippen LogP contribution >= 0.6 is 0 Å². The average molecular weight is 239 g/mol. The van der Waals surface area contributed by atoms with Gasteiger partial charge in [0.25, 0.3) is 0 Å². The van der Waals surface area contributed by atoms with Gasteiger partial charge in [-0.15, -0.1) is 0 Å². The number of alkyl halides is 1. The summed E-state index contributed by atoms with van der Waals surface area (Å²) in [6.07, 6.45) is 0.449.